The smallest absolute Gasteiger partial charge is 0.254 e. The van der Waals surface area contributed by atoms with Crippen LogP contribution in [0.15, 0.2) is 12.1 Å². The number of carbonyl (C=O) groups excluding carboxylic acids is 1. The number of nitrogens with two attached hydrogens (primary N) is 1. The number of anilines is 1. The van der Waals surface area contributed by atoms with Gasteiger partial charge in [0.1, 0.15) is 5.82 Å². The molecule has 0 bridgehead atoms. The van der Waals surface area contributed by atoms with Gasteiger partial charge in [0.15, 0.2) is 0 Å². The standard InChI is InChI=1S/C13H21N5O2/c1-10-8-11(9-12(15-10)16-14)13(20)18-4-2-17(3-5-18)6-7-19/h8-9,19H,2-7,14H2,1H3,(H,15,16). The molecule has 1 aliphatic heterocycles. The molecule has 20 heavy (non-hydrogen) atoms. The highest BCUT2D eigenvalue weighted by Crippen LogP contribution is 2.13. The van der Waals surface area contributed by atoms with Crippen LogP contribution >= 0.6 is 0 Å². The van der Waals surface area contributed by atoms with E-state index in [1.807, 2.05) is 11.8 Å². The van der Waals surface area contributed by atoms with E-state index in [0.29, 0.717) is 31.0 Å². The molecule has 7 heteroatoms. The Balaban J connectivity index is 2.03. The molecule has 1 fully saturated rings. The van der Waals surface area contributed by atoms with Crippen LogP contribution in [0.2, 0.25) is 0 Å². The maximum Gasteiger partial charge on any atom is 0.254 e. The highest BCUT2D eigenvalue weighted by Gasteiger charge is 2.22. The van der Waals surface area contributed by atoms with Crippen LogP contribution in [0.5, 0.6) is 0 Å². The number of carbonyl (C=O) groups is 1. The van der Waals surface area contributed by atoms with Crippen molar-refractivity contribution in [2.75, 3.05) is 44.8 Å². The van der Waals surface area contributed by atoms with Crippen LogP contribution in [0.3, 0.4) is 0 Å². The molecule has 110 valence electrons. The third kappa shape index (κ3) is 3.44. The maximum atomic E-state index is 12.4. The lowest BCUT2D eigenvalue weighted by atomic mass is 10.2. The van der Waals surface area contributed by atoms with Crippen LogP contribution in [0.1, 0.15) is 16.1 Å². The molecule has 4 N–H and O–H groups in total. The Morgan fingerprint density at radius 1 is 1.40 bits per heavy atom. The number of amides is 1. The number of aliphatic hydroxyl groups is 1. The Kier molecular flexibility index (Phi) is 4.89. The van der Waals surface area contributed by atoms with Crippen LogP contribution in [0, 0.1) is 6.92 Å². The molecule has 2 heterocycles. The van der Waals surface area contributed by atoms with Crippen molar-refractivity contribution in [1.82, 2.24) is 14.8 Å². The Morgan fingerprint density at radius 3 is 2.70 bits per heavy atom. The van der Waals surface area contributed by atoms with Gasteiger partial charge in [0.05, 0.1) is 6.61 Å². The lowest BCUT2D eigenvalue weighted by Gasteiger charge is -2.34. The molecule has 0 atom stereocenters. The Bertz CT molecular complexity index is 472. The van der Waals surface area contributed by atoms with Gasteiger partial charge < -0.3 is 15.4 Å². The highest BCUT2D eigenvalue weighted by atomic mass is 16.3. The minimum absolute atomic E-state index is 0.00403. The molecule has 0 spiro atoms. The normalized spacial score (nSPS) is 16.2. The molecule has 2 rings (SSSR count). The summed E-state index contributed by atoms with van der Waals surface area (Å²) in [7, 11) is 0. The predicted octanol–water partition coefficient (Wildman–Crippen LogP) is -0.574. The molecule has 0 aliphatic carbocycles. The lowest BCUT2D eigenvalue weighted by molar-refractivity contribution is 0.0615. The molecule has 0 aromatic carbocycles. The van der Waals surface area contributed by atoms with E-state index in [1.165, 1.54) is 0 Å². The summed E-state index contributed by atoms with van der Waals surface area (Å²) in [5.41, 5.74) is 3.82. The topological polar surface area (TPSA) is 94.7 Å². The second-order valence-electron chi connectivity index (χ2n) is 4.88. The van der Waals surface area contributed by atoms with Gasteiger partial charge in [-0.15, -0.1) is 0 Å². The Hall–Kier alpha value is -1.70. The fourth-order valence-electron chi connectivity index (χ4n) is 2.36. The Labute approximate surface area is 118 Å². The van der Waals surface area contributed by atoms with Gasteiger partial charge in [-0.05, 0) is 19.1 Å². The lowest BCUT2D eigenvalue weighted by Crippen LogP contribution is -2.49. The summed E-state index contributed by atoms with van der Waals surface area (Å²) in [6.45, 7) is 5.57. The van der Waals surface area contributed by atoms with Crippen molar-refractivity contribution in [3.8, 4) is 0 Å². The van der Waals surface area contributed by atoms with Crippen molar-refractivity contribution >= 4 is 11.7 Å². The van der Waals surface area contributed by atoms with E-state index in [0.717, 1.165) is 18.8 Å². The van der Waals surface area contributed by atoms with E-state index < -0.39 is 0 Å². The molecular weight excluding hydrogens is 258 g/mol. The average Bonchev–Trinajstić information content (AvgIpc) is 2.47. The first kappa shape index (κ1) is 14.7. The molecule has 0 radical (unpaired) electrons. The summed E-state index contributed by atoms with van der Waals surface area (Å²) in [4.78, 5) is 20.6. The van der Waals surface area contributed by atoms with Gasteiger partial charge >= 0.3 is 0 Å². The molecule has 0 unspecified atom stereocenters. The number of aromatic nitrogens is 1. The third-order valence-corrected chi connectivity index (χ3v) is 3.42. The number of aryl methyl sites for hydroxylation is 1. The van der Waals surface area contributed by atoms with Gasteiger partial charge in [0.25, 0.3) is 5.91 Å². The zero-order chi connectivity index (χ0) is 14.5. The molecule has 1 aromatic heterocycles. The first-order valence-corrected chi connectivity index (χ1v) is 6.72. The first-order valence-electron chi connectivity index (χ1n) is 6.72. The number of hydrogen-bond acceptors (Lipinski definition) is 6. The van der Waals surface area contributed by atoms with Crippen LogP contribution in [0.4, 0.5) is 5.82 Å². The van der Waals surface area contributed by atoms with Crippen molar-refractivity contribution in [1.29, 1.82) is 0 Å². The molecule has 1 saturated heterocycles. The van der Waals surface area contributed by atoms with E-state index in [4.69, 9.17) is 10.9 Å². The number of nitrogens with zero attached hydrogens (tertiary/aromatic N) is 3. The number of β-amino-alcohol motifs (C(OH)–C–C–N with tert-alkyl or cyclic N) is 1. The predicted molar refractivity (Wildman–Crippen MR) is 76.2 cm³/mol. The molecule has 1 aromatic rings. The van der Waals surface area contributed by atoms with Crippen molar-refractivity contribution in [2.45, 2.75) is 6.92 Å². The van der Waals surface area contributed by atoms with Gasteiger partial charge in [0, 0.05) is 44.0 Å². The number of nitrogens with one attached hydrogen (secondary N) is 1. The number of pyridine rings is 1. The molecule has 0 saturated carbocycles. The number of aliphatic hydroxyl groups excluding tert-OH is 1. The minimum atomic E-state index is -0.00403. The highest BCUT2D eigenvalue weighted by molar-refractivity contribution is 5.95. The molecule has 1 amide bonds. The largest absolute Gasteiger partial charge is 0.395 e. The number of rotatable bonds is 4. The zero-order valence-corrected chi connectivity index (χ0v) is 11.7. The summed E-state index contributed by atoms with van der Waals surface area (Å²) in [5, 5.41) is 8.91. The second-order valence-corrected chi connectivity index (χ2v) is 4.88. The summed E-state index contributed by atoms with van der Waals surface area (Å²) < 4.78 is 0. The van der Waals surface area contributed by atoms with E-state index in [9.17, 15) is 4.79 Å². The minimum Gasteiger partial charge on any atom is -0.395 e. The first-order chi connectivity index (χ1) is 9.63. The van der Waals surface area contributed by atoms with Gasteiger partial charge in [-0.25, -0.2) is 10.8 Å². The second kappa shape index (κ2) is 6.65. The molecule has 7 nitrogen and oxygen atoms in total. The van der Waals surface area contributed by atoms with Gasteiger partial charge in [-0.2, -0.15) is 0 Å². The van der Waals surface area contributed by atoms with Crippen molar-refractivity contribution in [3.63, 3.8) is 0 Å². The summed E-state index contributed by atoms with van der Waals surface area (Å²) in [6.07, 6.45) is 0. The SMILES string of the molecule is Cc1cc(C(=O)N2CCN(CCO)CC2)cc(NN)n1. The summed E-state index contributed by atoms with van der Waals surface area (Å²) in [6, 6.07) is 3.43. The van der Waals surface area contributed by atoms with Crippen LogP contribution in [-0.4, -0.2) is 65.1 Å². The number of hydrazine groups is 1. The monoisotopic (exact) mass is 279 g/mol. The number of piperazine rings is 1. The third-order valence-electron chi connectivity index (χ3n) is 3.42. The molecular formula is C13H21N5O2. The fourth-order valence-corrected chi connectivity index (χ4v) is 2.36. The maximum absolute atomic E-state index is 12.4. The van der Waals surface area contributed by atoms with Crippen molar-refractivity contribution in [2.24, 2.45) is 5.84 Å². The quantitative estimate of drug-likeness (QED) is 0.504. The van der Waals surface area contributed by atoms with Gasteiger partial charge in [0.2, 0.25) is 0 Å². The summed E-state index contributed by atoms with van der Waals surface area (Å²) >= 11 is 0. The average molecular weight is 279 g/mol. The van der Waals surface area contributed by atoms with E-state index >= 15 is 0 Å². The number of hydrogen-bond donors (Lipinski definition) is 3. The molecule has 1 aliphatic rings. The summed E-state index contributed by atoms with van der Waals surface area (Å²) in [5.74, 6) is 5.84. The van der Waals surface area contributed by atoms with Crippen LogP contribution in [0.25, 0.3) is 0 Å². The number of nitrogen functional groups attached to an aromatic ring is 1. The van der Waals surface area contributed by atoms with Gasteiger partial charge in [-0.1, -0.05) is 0 Å². The van der Waals surface area contributed by atoms with Crippen LogP contribution < -0.4 is 11.3 Å². The van der Waals surface area contributed by atoms with Crippen molar-refractivity contribution < 1.29 is 9.90 Å². The van der Waals surface area contributed by atoms with E-state index in [2.05, 4.69) is 15.3 Å². The van der Waals surface area contributed by atoms with Crippen molar-refractivity contribution in [3.05, 3.63) is 23.4 Å². The Morgan fingerprint density at radius 2 is 2.10 bits per heavy atom. The van der Waals surface area contributed by atoms with Crippen LogP contribution in [-0.2, 0) is 0 Å². The fraction of sp³-hybridized carbons (Fsp3) is 0.538. The zero-order valence-electron chi connectivity index (χ0n) is 11.7. The van der Waals surface area contributed by atoms with E-state index in [1.54, 1.807) is 12.1 Å². The van der Waals surface area contributed by atoms with E-state index in [-0.39, 0.29) is 12.5 Å². The van der Waals surface area contributed by atoms with Gasteiger partial charge in [-0.3, -0.25) is 9.69 Å².